The molecule has 5 rings (SSSR count). The van der Waals surface area contributed by atoms with Crippen LogP contribution in [-0.2, 0) is 5.41 Å². The van der Waals surface area contributed by atoms with Gasteiger partial charge in [-0.05, 0) is 70.5 Å². The molecule has 0 heterocycles. The van der Waals surface area contributed by atoms with Gasteiger partial charge in [0.05, 0.1) is 0 Å². The summed E-state index contributed by atoms with van der Waals surface area (Å²) in [6.45, 7) is 4.62. The first-order chi connectivity index (χ1) is 20.7. The third-order valence-corrected chi connectivity index (χ3v) is 9.46. The van der Waals surface area contributed by atoms with Crippen LogP contribution >= 0.6 is 0 Å². The first-order valence-corrected chi connectivity index (χ1v) is 16.9. The van der Waals surface area contributed by atoms with Crippen molar-refractivity contribution in [2.45, 2.75) is 109 Å². The minimum Gasteiger partial charge on any atom is -0.356 e. The van der Waals surface area contributed by atoms with Crippen LogP contribution in [0.3, 0.4) is 0 Å². The van der Waals surface area contributed by atoms with Crippen molar-refractivity contribution in [3.05, 3.63) is 108 Å². The van der Waals surface area contributed by atoms with Crippen molar-refractivity contribution in [3.8, 4) is 22.3 Å². The van der Waals surface area contributed by atoms with Crippen molar-refractivity contribution in [2.75, 3.05) is 5.32 Å². The molecule has 220 valence electrons. The maximum absolute atomic E-state index is 3.76. The van der Waals surface area contributed by atoms with Crippen LogP contribution < -0.4 is 5.32 Å². The summed E-state index contributed by atoms with van der Waals surface area (Å²) in [5.41, 5.74) is 11.0. The van der Waals surface area contributed by atoms with Crippen LogP contribution in [0.4, 0.5) is 11.4 Å². The quantitative estimate of drug-likeness (QED) is 0.127. The fourth-order valence-corrected chi connectivity index (χ4v) is 7.15. The van der Waals surface area contributed by atoms with Crippen molar-refractivity contribution in [3.63, 3.8) is 0 Å². The van der Waals surface area contributed by atoms with E-state index in [1.165, 1.54) is 118 Å². The van der Waals surface area contributed by atoms with Gasteiger partial charge in [-0.2, -0.15) is 0 Å². The topological polar surface area (TPSA) is 12.0 Å². The second-order valence-electron chi connectivity index (χ2n) is 12.5. The normalized spacial score (nSPS) is 13.1. The molecule has 0 aliphatic heterocycles. The Balaban J connectivity index is 1.40. The van der Waals surface area contributed by atoms with Crippen LogP contribution in [0.15, 0.2) is 97.1 Å². The highest BCUT2D eigenvalue weighted by Crippen LogP contribution is 2.54. The molecule has 0 aromatic heterocycles. The Labute approximate surface area is 255 Å². The van der Waals surface area contributed by atoms with E-state index < -0.39 is 0 Å². The van der Waals surface area contributed by atoms with Gasteiger partial charge in [0.1, 0.15) is 0 Å². The highest BCUT2D eigenvalue weighted by Gasteiger charge is 2.42. The Kier molecular flexibility index (Phi) is 10.9. The number of benzene rings is 4. The van der Waals surface area contributed by atoms with Crippen LogP contribution in [0.1, 0.15) is 115 Å². The summed E-state index contributed by atoms with van der Waals surface area (Å²) >= 11 is 0. The standard InChI is InChI=1S/C41H51N/c1-3-5-7-9-11-18-30-41(31-19-12-10-8-6-4-2)39-23-17-16-22-37(39)38-29-28-36(32-40(38)41)42-35-26-24-34(25-27-35)33-20-14-13-15-21-33/h13-17,20-29,32,42H,3-12,18-19,30-31H2,1-2H3. The summed E-state index contributed by atoms with van der Waals surface area (Å²) in [6.07, 6.45) is 18.7. The average molecular weight is 558 g/mol. The minimum atomic E-state index is 0.121. The fourth-order valence-electron chi connectivity index (χ4n) is 7.15. The van der Waals surface area contributed by atoms with Crippen molar-refractivity contribution in [1.82, 2.24) is 0 Å². The van der Waals surface area contributed by atoms with Gasteiger partial charge in [0.2, 0.25) is 0 Å². The van der Waals surface area contributed by atoms with Crippen LogP contribution in [0, 0.1) is 0 Å². The van der Waals surface area contributed by atoms with Gasteiger partial charge in [-0.15, -0.1) is 0 Å². The monoisotopic (exact) mass is 557 g/mol. The van der Waals surface area contributed by atoms with E-state index in [0.717, 1.165) is 5.69 Å². The van der Waals surface area contributed by atoms with E-state index >= 15 is 0 Å². The number of nitrogens with one attached hydrogen (secondary N) is 1. The lowest BCUT2D eigenvalue weighted by molar-refractivity contribution is 0.398. The zero-order valence-corrected chi connectivity index (χ0v) is 26.1. The molecule has 4 aromatic rings. The fraction of sp³-hybridized carbons (Fsp3) is 0.415. The molecule has 42 heavy (non-hydrogen) atoms. The Morgan fingerprint density at radius 1 is 0.452 bits per heavy atom. The molecule has 1 aliphatic rings. The van der Waals surface area contributed by atoms with Gasteiger partial charge < -0.3 is 5.32 Å². The molecular formula is C41H51N. The molecule has 0 saturated heterocycles. The van der Waals surface area contributed by atoms with Crippen LogP contribution in [0.5, 0.6) is 0 Å². The zero-order chi connectivity index (χ0) is 29.0. The molecular weight excluding hydrogens is 506 g/mol. The molecule has 1 N–H and O–H groups in total. The van der Waals surface area contributed by atoms with Crippen molar-refractivity contribution < 1.29 is 0 Å². The average Bonchev–Trinajstić information content (AvgIpc) is 3.30. The van der Waals surface area contributed by atoms with E-state index in [-0.39, 0.29) is 5.41 Å². The smallest absolute Gasteiger partial charge is 0.0387 e. The first kappa shape index (κ1) is 30.1. The largest absolute Gasteiger partial charge is 0.356 e. The lowest BCUT2D eigenvalue weighted by Crippen LogP contribution is -2.25. The number of hydrogen-bond donors (Lipinski definition) is 1. The maximum Gasteiger partial charge on any atom is 0.0387 e. The molecule has 0 unspecified atom stereocenters. The maximum atomic E-state index is 3.76. The van der Waals surface area contributed by atoms with Gasteiger partial charge in [0.25, 0.3) is 0 Å². The number of unbranched alkanes of at least 4 members (excludes halogenated alkanes) is 10. The Morgan fingerprint density at radius 2 is 0.976 bits per heavy atom. The van der Waals surface area contributed by atoms with Crippen molar-refractivity contribution >= 4 is 11.4 Å². The predicted octanol–water partition coefficient (Wildman–Crippen LogP) is 12.9. The van der Waals surface area contributed by atoms with Gasteiger partial charge in [-0.1, -0.05) is 164 Å². The van der Waals surface area contributed by atoms with Gasteiger partial charge in [0, 0.05) is 16.8 Å². The molecule has 0 radical (unpaired) electrons. The summed E-state index contributed by atoms with van der Waals surface area (Å²) in [5, 5.41) is 3.76. The Hall–Kier alpha value is -3.32. The number of anilines is 2. The van der Waals surface area contributed by atoms with E-state index in [9.17, 15) is 0 Å². The third-order valence-electron chi connectivity index (χ3n) is 9.46. The molecule has 1 nitrogen and oxygen atoms in total. The van der Waals surface area contributed by atoms with Gasteiger partial charge in [0.15, 0.2) is 0 Å². The highest BCUT2D eigenvalue weighted by molar-refractivity contribution is 5.83. The molecule has 0 amide bonds. The highest BCUT2D eigenvalue weighted by atomic mass is 14.9. The summed E-state index contributed by atoms with van der Waals surface area (Å²) in [4.78, 5) is 0. The molecule has 0 atom stereocenters. The van der Waals surface area contributed by atoms with Gasteiger partial charge >= 0.3 is 0 Å². The van der Waals surface area contributed by atoms with Crippen molar-refractivity contribution in [2.24, 2.45) is 0 Å². The lowest BCUT2D eigenvalue weighted by atomic mass is 9.70. The molecule has 0 fully saturated rings. The van der Waals surface area contributed by atoms with Crippen molar-refractivity contribution in [1.29, 1.82) is 0 Å². The van der Waals surface area contributed by atoms with Crippen LogP contribution in [0.2, 0.25) is 0 Å². The Bertz CT molecular complexity index is 1350. The van der Waals surface area contributed by atoms with E-state index in [0.29, 0.717) is 0 Å². The first-order valence-electron chi connectivity index (χ1n) is 16.9. The van der Waals surface area contributed by atoms with E-state index in [4.69, 9.17) is 0 Å². The number of hydrogen-bond acceptors (Lipinski definition) is 1. The number of rotatable bonds is 17. The molecule has 4 aromatic carbocycles. The molecule has 1 aliphatic carbocycles. The van der Waals surface area contributed by atoms with E-state index in [1.54, 1.807) is 11.1 Å². The minimum absolute atomic E-state index is 0.121. The SMILES string of the molecule is CCCCCCCCC1(CCCCCCCC)c2ccccc2-c2ccc(Nc3ccc(-c4ccccc4)cc3)cc21. The van der Waals surface area contributed by atoms with Gasteiger partial charge in [-0.3, -0.25) is 0 Å². The third kappa shape index (κ3) is 7.17. The van der Waals surface area contributed by atoms with Crippen LogP contribution in [-0.4, -0.2) is 0 Å². The summed E-state index contributed by atoms with van der Waals surface area (Å²) < 4.78 is 0. The zero-order valence-electron chi connectivity index (χ0n) is 26.1. The predicted molar refractivity (Wildman–Crippen MR) is 184 cm³/mol. The second-order valence-corrected chi connectivity index (χ2v) is 12.5. The summed E-state index contributed by atoms with van der Waals surface area (Å²) in [7, 11) is 0. The number of fused-ring (bicyclic) bond motifs is 3. The second kappa shape index (κ2) is 15.2. The summed E-state index contributed by atoms with van der Waals surface area (Å²) in [6, 6.07) is 36.0. The Morgan fingerprint density at radius 3 is 1.64 bits per heavy atom. The molecule has 0 saturated carbocycles. The molecule has 0 bridgehead atoms. The van der Waals surface area contributed by atoms with E-state index in [2.05, 4.69) is 116 Å². The van der Waals surface area contributed by atoms with Crippen LogP contribution in [0.25, 0.3) is 22.3 Å². The summed E-state index contributed by atoms with van der Waals surface area (Å²) in [5.74, 6) is 0. The lowest BCUT2D eigenvalue weighted by Gasteiger charge is -2.33. The van der Waals surface area contributed by atoms with Gasteiger partial charge in [-0.25, -0.2) is 0 Å². The molecule has 0 spiro atoms. The molecule has 1 heteroatoms. The van der Waals surface area contributed by atoms with E-state index in [1.807, 2.05) is 0 Å².